The van der Waals surface area contributed by atoms with Crippen molar-refractivity contribution in [3.63, 3.8) is 0 Å². The monoisotopic (exact) mass is 494 g/mol. The molecule has 2 aromatic heterocycles. The molecule has 0 radical (unpaired) electrons. The van der Waals surface area contributed by atoms with Crippen molar-refractivity contribution in [2.24, 2.45) is 0 Å². The third kappa shape index (κ3) is 3.49. The molecule has 0 saturated heterocycles. The third-order valence-electron chi connectivity index (χ3n) is 4.63. The second-order valence-electron chi connectivity index (χ2n) is 6.59. The summed E-state index contributed by atoms with van der Waals surface area (Å²) < 4.78 is 8.15. The number of hydrogen-bond acceptors (Lipinski definition) is 6. The first kappa shape index (κ1) is 19.2. The van der Waals surface area contributed by atoms with E-state index in [0.717, 1.165) is 41.6 Å². The second kappa shape index (κ2) is 7.83. The zero-order chi connectivity index (χ0) is 20.7. The Hall–Kier alpha value is -2.74. The number of aromatic nitrogens is 2. The smallest absolute Gasteiger partial charge is 0.172 e. The number of aromatic hydroxyl groups is 1. The van der Waals surface area contributed by atoms with Crippen molar-refractivity contribution in [1.29, 1.82) is 0 Å². The summed E-state index contributed by atoms with van der Waals surface area (Å²) in [6.07, 6.45) is 2.04. The van der Waals surface area contributed by atoms with E-state index >= 15 is 0 Å². The van der Waals surface area contributed by atoms with Crippen LogP contribution in [-0.2, 0) is 0 Å². The first-order chi connectivity index (χ1) is 14.6. The minimum absolute atomic E-state index is 0.0798. The van der Waals surface area contributed by atoms with Crippen molar-refractivity contribution in [2.45, 2.75) is 0 Å². The first-order valence-electron chi connectivity index (χ1n) is 9.12. The minimum atomic E-state index is 0.0798. The number of fused-ring (bicyclic) bond motifs is 2. The summed E-state index contributed by atoms with van der Waals surface area (Å²) in [6.45, 7) is 0. The van der Waals surface area contributed by atoms with Crippen LogP contribution in [0.15, 0.2) is 65.1 Å². The van der Waals surface area contributed by atoms with Crippen LogP contribution in [0.2, 0.25) is 0 Å². The molecular formula is C23H15BrN2O2S2. The van der Waals surface area contributed by atoms with Gasteiger partial charge in [-0.3, -0.25) is 0 Å². The zero-order valence-electron chi connectivity index (χ0n) is 15.8. The standard InChI is InChI=1S/C23H15BrN2O2S2/c1-28-18-12-13(11-15(24)21(18)27)10-14(22-25-16-6-2-4-8-19(16)29-22)23-26-17-7-3-5-9-20(17)30-23/h2-12,27H,1H3. The number of phenols is 1. The first-order valence-corrected chi connectivity index (χ1v) is 11.5. The van der Waals surface area contributed by atoms with E-state index in [1.807, 2.05) is 48.5 Å². The molecule has 5 rings (SSSR count). The van der Waals surface area contributed by atoms with Crippen LogP contribution in [0, 0.1) is 0 Å². The minimum Gasteiger partial charge on any atom is -0.503 e. The highest BCUT2D eigenvalue weighted by Crippen LogP contribution is 2.39. The molecule has 0 aliphatic rings. The molecule has 5 aromatic rings. The van der Waals surface area contributed by atoms with E-state index in [0.29, 0.717) is 10.2 Å². The summed E-state index contributed by atoms with van der Waals surface area (Å²) in [6, 6.07) is 19.9. The van der Waals surface area contributed by atoms with Crippen molar-refractivity contribution >= 4 is 70.7 Å². The molecule has 0 atom stereocenters. The van der Waals surface area contributed by atoms with Crippen molar-refractivity contribution in [3.05, 3.63) is 80.7 Å². The molecule has 1 N–H and O–H groups in total. The average Bonchev–Trinajstić information content (AvgIpc) is 3.38. The molecule has 0 unspecified atom stereocenters. The van der Waals surface area contributed by atoms with Crippen LogP contribution in [0.25, 0.3) is 32.1 Å². The topological polar surface area (TPSA) is 55.2 Å². The number of nitrogens with zero attached hydrogens (tertiary/aromatic N) is 2. The highest BCUT2D eigenvalue weighted by molar-refractivity contribution is 9.10. The molecule has 148 valence electrons. The maximum atomic E-state index is 10.2. The van der Waals surface area contributed by atoms with Gasteiger partial charge in [-0.15, -0.1) is 22.7 Å². The fraction of sp³-hybridized carbons (Fsp3) is 0.0435. The second-order valence-corrected chi connectivity index (χ2v) is 9.50. The number of thiazole rings is 2. The van der Waals surface area contributed by atoms with Crippen LogP contribution >= 0.6 is 38.6 Å². The Bertz CT molecular complexity index is 1280. The lowest BCUT2D eigenvalue weighted by molar-refractivity contribution is 0.372. The van der Waals surface area contributed by atoms with Crippen LogP contribution < -0.4 is 4.74 Å². The Morgan fingerprint density at radius 3 is 2.03 bits per heavy atom. The molecule has 0 aliphatic heterocycles. The zero-order valence-corrected chi connectivity index (χ0v) is 19.0. The van der Waals surface area contributed by atoms with Gasteiger partial charge in [-0.2, -0.15) is 0 Å². The Morgan fingerprint density at radius 1 is 0.933 bits per heavy atom. The van der Waals surface area contributed by atoms with E-state index in [4.69, 9.17) is 14.7 Å². The SMILES string of the molecule is COc1cc(C=C(c2nc3ccccc3s2)c2nc3ccccc3s2)cc(Br)c1O. The fourth-order valence-electron chi connectivity index (χ4n) is 3.19. The summed E-state index contributed by atoms with van der Waals surface area (Å²) in [5.41, 5.74) is 3.75. The van der Waals surface area contributed by atoms with Crippen LogP contribution in [0.3, 0.4) is 0 Å². The van der Waals surface area contributed by atoms with E-state index in [9.17, 15) is 5.11 Å². The van der Waals surface area contributed by atoms with E-state index in [-0.39, 0.29) is 5.75 Å². The Morgan fingerprint density at radius 2 is 1.50 bits per heavy atom. The van der Waals surface area contributed by atoms with Gasteiger partial charge < -0.3 is 9.84 Å². The number of phenolic OH excluding ortho intramolecular Hbond substituents is 1. The number of benzene rings is 3. The van der Waals surface area contributed by atoms with Gasteiger partial charge in [-0.1, -0.05) is 24.3 Å². The maximum Gasteiger partial charge on any atom is 0.172 e. The quantitative estimate of drug-likeness (QED) is 0.293. The van der Waals surface area contributed by atoms with Gasteiger partial charge in [0, 0.05) is 5.57 Å². The maximum absolute atomic E-state index is 10.2. The summed E-state index contributed by atoms with van der Waals surface area (Å²) in [4.78, 5) is 9.73. The molecule has 4 nitrogen and oxygen atoms in total. The molecule has 0 saturated carbocycles. The summed E-state index contributed by atoms with van der Waals surface area (Å²) in [5, 5.41) is 12.0. The average molecular weight is 495 g/mol. The number of methoxy groups -OCH3 is 1. The third-order valence-corrected chi connectivity index (χ3v) is 7.37. The van der Waals surface area contributed by atoms with Gasteiger partial charge in [0.25, 0.3) is 0 Å². The fourth-order valence-corrected chi connectivity index (χ4v) is 5.68. The summed E-state index contributed by atoms with van der Waals surface area (Å²) >= 11 is 6.69. The van der Waals surface area contributed by atoms with E-state index in [2.05, 4.69) is 28.1 Å². The molecule has 3 aromatic carbocycles. The van der Waals surface area contributed by atoms with E-state index < -0.39 is 0 Å². The van der Waals surface area contributed by atoms with E-state index in [1.165, 1.54) is 7.11 Å². The number of para-hydroxylation sites is 2. The lowest BCUT2D eigenvalue weighted by Gasteiger charge is -2.08. The van der Waals surface area contributed by atoms with Crippen LogP contribution in [0.4, 0.5) is 0 Å². The van der Waals surface area contributed by atoms with Crippen molar-refractivity contribution < 1.29 is 9.84 Å². The van der Waals surface area contributed by atoms with E-state index in [1.54, 1.807) is 28.7 Å². The van der Waals surface area contributed by atoms with Gasteiger partial charge >= 0.3 is 0 Å². The molecule has 0 spiro atoms. The van der Waals surface area contributed by atoms with Gasteiger partial charge in [0.1, 0.15) is 10.0 Å². The Balaban J connectivity index is 1.74. The molecule has 0 aliphatic carbocycles. The predicted octanol–water partition coefficient (Wildman–Crippen LogP) is 6.97. The van der Waals surface area contributed by atoms with Crippen LogP contribution in [-0.4, -0.2) is 22.2 Å². The van der Waals surface area contributed by atoms with Gasteiger partial charge in [0.15, 0.2) is 11.5 Å². The number of hydrogen-bond donors (Lipinski definition) is 1. The highest BCUT2D eigenvalue weighted by Gasteiger charge is 2.17. The lowest BCUT2D eigenvalue weighted by atomic mass is 10.1. The van der Waals surface area contributed by atoms with Crippen LogP contribution in [0.5, 0.6) is 11.5 Å². The molecular weight excluding hydrogens is 480 g/mol. The van der Waals surface area contributed by atoms with Gasteiger partial charge in [0.05, 0.1) is 32.0 Å². The Kier molecular flexibility index (Phi) is 5.02. The van der Waals surface area contributed by atoms with Gasteiger partial charge in [-0.05, 0) is 64.0 Å². The van der Waals surface area contributed by atoms with Crippen LogP contribution in [0.1, 0.15) is 15.6 Å². The molecule has 0 fully saturated rings. The molecule has 30 heavy (non-hydrogen) atoms. The lowest BCUT2D eigenvalue weighted by Crippen LogP contribution is -1.89. The molecule has 2 heterocycles. The summed E-state index contributed by atoms with van der Waals surface area (Å²) in [7, 11) is 1.54. The van der Waals surface area contributed by atoms with Crippen molar-refractivity contribution in [2.75, 3.05) is 7.11 Å². The normalized spacial score (nSPS) is 11.1. The molecule has 0 amide bonds. The summed E-state index contributed by atoms with van der Waals surface area (Å²) in [5.74, 6) is 0.486. The highest BCUT2D eigenvalue weighted by atomic mass is 79.9. The Labute approximate surface area is 189 Å². The molecule has 7 heteroatoms. The van der Waals surface area contributed by atoms with Gasteiger partial charge in [-0.25, -0.2) is 9.97 Å². The largest absolute Gasteiger partial charge is 0.503 e. The number of rotatable bonds is 4. The molecule has 0 bridgehead atoms. The number of halogens is 1. The van der Waals surface area contributed by atoms with Gasteiger partial charge in [0.2, 0.25) is 0 Å². The predicted molar refractivity (Wildman–Crippen MR) is 129 cm³/mol. The van der Waals surface area contributed by atoms with Crippen molar-refractivity contribution in [3.8, 4) is 11.5 Å². The number of ether oxygens (including phenoxy) is 1. The van der Waals surface area contributed by atoms with Crippen molar-refractivity contribution in [1.82, 2.24) is 9.97 Å².